The number of alkyl halides is 2. The predicted octanol–water partition coefficient (Wildman–Crippen LogP) is 4.70. The second kappa shape index (κ2) is 9.24. The highest BCUT2D eigenvalue weighted by Gasteiger charge is 2.48. The Kier molecular flexibility index (Phi) is 6.51. The number of amides is 1. The number of halogens is 3. The number of ether oxygens (including phenoxy) is 1. The average Bonchev–Trinajstić information content (AvgIpc) is 2.80. The summed E-state index contributed by atoms with van der Waals surface area (Å²) in [7, 11) is 1.47. The lowest BCUT2D eigenvalue weighted by Crippen LogP contribution is -2.49. The summed E-state index contributed by atoms with van der Waals surface area (Å²) >= 11 is 0. The van der Waals surface area contributed by atoms with Crippen LogP contribution in [0.15, 0.2) is 36.4 Å². The summed E-state index contributed by atoms with van der Waals surface area (Å²) < 4.78 is 44.4. The number of Topliss-reactive ketones (excluding diaryl/α,β-unsaturated/α-hetero) is 2. The molecule has 0 radical (unpaired) electrons. The van der Waals surface area contributed by atoms with E-state index in [9.17, 15) is 27.6 Å². The van der Waals surface area contributed by atoms with Gasteiger partial charge < -0.3 is 9.64 Å². The molecule has 5 nitrogen and oxygen atoms in total. The van der Waals surface area contributed by atoms with Crippen LogP contribution in [-0.2, 0) is 14.4 Å². The van der Waals surface area contributed by atoms with Crippen LogP contribution in [0.25, 0.3) is 11.1 Å². The van der Waals surface area contributed by atoms with Crippen LogP contribution >= 0.6 is 0 Å². The maximum atomic E-state index is 13.3. The van der Waals surface area contributed by atoms with E-state index in [0.29, 0.717) is 24.2 Å². The molecule has 1 spiro atoms. The Hall–Kier alpha value is -3.16. The van der Waals surface area contributed by atoms with Crippen molar-refractivity contribution in [1.29, 1.82) is 0 Å². The van der Waals surface area contributed by atoms with Crippen LogP contribution in [0.3, 0.4) is 0 Å². The number of ketones is 2. The number of carbonyl (C=O) groups is 3. The zero-order chi connectivity index (χ0) is 24.6. The van der Waals surface area contributed by atoms with Crippen molar-refractivity contribution in [2.24, 2.45) is 5.41 Å². The molecule has 0 unspecified atom stereocenters. The number of nitrogens with zero attached hydrogens (tertiary/aromatic N) is 1. The maximum absolute atomic E-state index is 13.3. The molecule has 34 heavy (non-hydrogen) atoms. The normalized spacial score (nSPS) is 18.6. The molecule has 8 heteroatoms. The summed E-state index contributed by atoms with van der Waals surface area (Å²) in [6, 6.07) is 9.61. The first-order valence-corrected chi connectivity index (χ1v) is 11.2. The summed E-state index contributed by atoms with van der Waals surface area (Å²) in [6.45, 7) is 2.04. The molecule has 0 N–H and O–H groups in total. The van der Waals surface area contributed by atoms with E-state index in [2.05, 4.69) is 0 Å². The Bertz CT molecular complexity index is 1100. The minimum absolute atomic E-state index is 0.114. The van der Waals surface area contributed by atoms with Crippen molar-refractivity contribution < 1.29 is 32.3 Å². The quantitative estimate of drug-likeness (QED) is 0.604. The summed E-state index contributed by atoms with van der Waals surface area (Å²) in [5, 5.41) is 0. The maximum Gasteiger partial charge on any atom is 0.315 e. The third kappa shape index (κ3) is 4.45. The van der Waals surface area contributed by atoms with Gasteiger partial charge in [-0.05, 0) is 60.1 Å². The molecular formula is C26H26F3NO4. The molecule has 4 rings (SSSR count). The molecule has 1 amide bonds. The number of methoxy groups -OCH3 is 1. The number of likely N-dealkylation sites (tertiary alicyclic amines) is 1. The van der Waals surface area contributed by atoms with Gasteiger partial charge in [-0.25, -0.2) is 4.39 Å². The van der Waals surface area contributed by atoms with E-state index < -0.39 is 23.7 Å². The minimum Gasteiger partial charge on any atom is -0.496 e. The van der Waals surface area contributed by atoms with Gasteiger partial charge >= 0.3 is 6.43 Å². The lowest BCUT2D eigenvalue weighted by molar-refractivity contribution is -0.147. The van der Waals surface area contributed by atoms with Gasteiger partial charge in [0.15, 0.2) is 0 Å². The van der Waals surface area contributed by atoms with E-state index in [0.717, 1.165) is 21.6 Å². The molecule has 1 heterocycles. The van der Waals surface area contributed by atoms with Gasteiger partial charge in [-0.3, -0.25) is 14.4 Å². The predicted molar refractivity (Wildman–Crippen MR) is 119 cm³/mol. The topological polar surface area (TPSA) is 63.7 Å². The van der Waals surface area contributed by atoms with Crippen molar-refractivity contribution in [3.8, 4) is 16.9 Å². The summed E-state index contributed by atoms with van der Waals surface area (Å²) in [5.41, 5.74) is 2.21. The number of hydrogen-bond donors (Lipinski definition) is 0. The standard InChI is InChI=1S/C26H26F3NO4/c1-15-11-17(16-3-5-18(27)6-4-16)12-21(34-2)22(15)23-19(31)13-26(14-20(23)32)7-9-30(10-8-26)25(33)24(28)29/h3-6,11-12,23-24H,7-10,13-14H2,1-2H3. The van der Waals surface area contributed by atoms with Gasteiger partial charge in [0, 0.05) is 31.5 Å². The van der Waals surface area contributed by atoms with E-state index in [1.165, 1.54) is 19.2 Å². The largest absolute Gasteiger partial charge is 0.496 e. The Labute approximate surface area is 195 Å². The first-order valence-electron chi connectivity index (χ1n) is 11.2. The third-order valence-corrected chi connectivity index (χ3v) is 7.10. The fourth-order valence-electron chi connectivity index (χ4n) is 5.31. The number of aryl methyl sites for hydroxylation is 1. The van der Waals surface area contributed by atoms with Crippen LogP contribution in [0.2, 0.25) is 0 Å². The summed E-state index contributed by atoms with van der Waals surface area (Å²) in [4.78, 5) is 39.3. The number of carbonyl (C=O) groups excluding carboxylic acids is 3. The molecule has 0 aromatic heterocycles. The van der Waals surface area contributed by atoms with Crippen molar-refractivity contribution in [2.45, 2.75) is 45.0 Å². The molecular weight excluding hydrogens is 447 g/mol. The highest BCUT2D eigenvalue weighted by atomic mass is 19.3. The average molecular weight is 473 g/mol. The Morgan fingerprint density at radius 2 is 1.62 bits per heavy atom. The van der Waals surface area contributed by atoms with E-state index in [1.54, 1.807) is 18.2 Å². The van der Waals surface area contributed by atoms with Crippen LogP contribution in [0, 0.1) is 18.2 Å². The van der Waals surface area contributed by atoms with Crippen LogP contribution in [-0.4, -0.2) is 49.0 Å². The Morgan fingerprint density at radius 3 is 2.15 bits per heavy atom. The van der Waals surface area contributed by atoms with E-state index in [-0.39, 0.29) is 43.3 Å². The smallest absolute Gasteiger partial charge is 0.315 e. The zero-order valence-corrected chi connectivity index (χ0v) is 19.1. The van der Waals surface area contributed by atoms with Crippen molar-refractivity contribution in [3.05, 3.63) is 53.3 Å². The van der Waals surface area contributed by atoms with Crippen molar-refractivity contribution in [2.75, 3.05) is 20.2 Å². The molecule has 0 atom stereocenters. The van der Waals surface area contributed by atoms with E-state index in [4.69, 9.17) is 4.74 Å². The number of hydrogen-bond acceptors (Lipinski definition) is 4. The van der Waals surface area contributed by atoms with E-state index in [1.807, 2.05) is 13.0 Å². The molecule has 1 saturated carbocycles. The van der Waals surface area contributed by atoms with Crippen molar-refractivity contribution in [1.82, 2.24) is 4.90 Å². The number of piperidine rings is 1. The zero-order valence-electron chi connectivity index (χ0n) is 19.1. The molecule has 2 aromatic carbocycles. The fraction of sp³-hybridized carbons (Fsp3) is 0.423. The van der Waals surface area contributed by atoms with Gasteiger partial charge in [-0.1, -0.05) is 18.2 Å². The number of rotatable bonds is 4. The van der Waals surface area contributed by atoms with Crippen LogP contribution in [0.1, 0.15) is 42.7 Å². The van der Waals surface area contributed by atoms with Gasteiger partial charge in [0.1, 0.15) is 29.1 Å². The van der Waals surface area contributed by atoms with Gasteiger partial charge in [0.05, 0.1) is 7.11 Å². The van der Waals surface area contributed by atoms with Crippen molar-refractivity contribution in [3.63, 3.8) is 0 Å². The van der Waals surface area contributed by atoms with Gasteiger partial charge in [-0.2, -0.15) is 8.78 Å². The molecule has 2 aromatic rings. The second-order valence-corrected chi connectivity index (χ2v) is 9.26. The first kappa shape index (κ1) is 24.0. The van der Waals surface area contributed by atoms with Gasteiger partial charge in [0.2, 0.25) is 0 Å². The highest BCUT2D eigenvalue weighted by molar-refractivity contribution is 6.11. The van der Waals surface area contributed by atoms with Crippen LogP contribution in [0.5, 0.6) is 5.75 Å². The molecule has 1 aliphatic carbocycles. The SMILES string of the molecule is COc1cc(-c2ccc(F)cc2)cc(C)c1C1C(=O)CC2(CCN(C(=O)C(F)F)CC2)CC1=O. The summed E-state index contributed by atoms with van der Waals surface area (Å²) in [6.07, 6.45) is -2.06. The summed E-state index contributed by atoms with van der Waals surface area (Å²) in [5.74, 6) is -2.53. The van der Waals surface area contributed by atoms with Crippen molar-refractivity contribution >= 4 is 17.5 Å². The minimum atomic E-state index is -3.05. The molecule has 180 valence electrons. The molecule has 0 bridgehead atoms. The second-order valence-electron chi connectivity index (χ2n) is 9.26. The molecule has 2 fully saturated rings. The number of benzene rings is 2. The molecule has 1 aliphatic heterocycles. The Morgan fingerprint density at radius 1 is 1.03 bits per heavy atom. The lowest BCUT2D eigenvalue weighted by atomic mass is 9.63. The highest BCUT2D eigenvalue weighted by Crippen LogP contribution is 2.48. The third-order valence-electron chi connectivity index (χ3n) is 7.10. The fourth-order valence-corrected chi connectivity index (χ4v) is 5.31. The first-order chi connectivity index (χ1) is 16.1. The van der Waals surface area contributed by atoms with Crippen LogP contribution in [0.4, 0.5) is 13.2 Å². The van der Waals surface area contributed by atoms with Gasteiger partial charge in [-0.15, -0.1) is 0 Å². The van der Waals surface area contributed by atoms with Crippen LogP contribution < -0.4 is 4.74 Å². The lowest BCUT2D eigenvalue weighted by Gasteiger charge is -2.44. The molecule has 2 aliphatic rings. The monoisotopic (exact) mass is 473 g/mol. The van der Waals surface area contributed by atoms with E-state index >= 15 is 0 Å². The Balaban J connectivity index is 1.58. The molecule has 1 saturated heterocycles. The van der Waals surface area contributed by atoms with Gasteiger partial charge in [0.25, 0.3) is 5.91 Å².